The Bertz CT molecular complexity index is 2740. The third-order valence-corrected chi connectivity index (χ3v) is 12.8. The minimum absolute atomic E-state index is 0.156. The molecule has 0 aromatic heterocycles. The second kappa shape index (κ2) is 24.1. The van der Waals surface area contributed by atoms with Crippen LogP contribution >= 0.6 is 39.1 Å². The fourth-order valence-electron chi connectivity index (χ4n) is 8.21. The minimum atomic E-state index is -1.48. The summed E-state index contributed by atoms with van der Waals surface area (Å²) in [7, 11) is -1.48. The van der Waals surface area contributed by atoms with E-state index in [-0.39, 0.29) is 23.1 Å². The average Bonchev–Trinajstić information content (AvgIpc) is 3.81. The quantitative estimate of drug-likeness (QED) is 0.0672. The van der Waals surface area contributed by atoms with Crippen molar-refractivity contribution < 1.29 is 48.4 Å². The van der Waals surface area contributed by atoms with Crippen molar-refractivity contribution in [3.63, 3.8) is 0 Å². The molecule has 0 fully saturated rings. The molecule has 0 spiro atoms. The van der Waals surface area contributed by atoms with Crippen molar-refractivity contribution in [1.82, 2.24) is 0 Å². The fourth-order valence-corrected chi connectivity index (χ4v) is 9.24. The van der Waals surface area contributed by atoms with Crippen LogP contribution in [0, 0.1) is 11.8 Å². The lowest BCUT2D eigenvalue weighted by molar-refractivity contribution is -0.147. The van der Waals surface area contributed by atoms with E-state index >= 15 is 0 Å². The van der Waals surface area contributed by atoms with Gasteiger partial charge in [-0.1, -0.05) is 114 Å². The largest absolute Gasteiger partial charge is 0.489 e. The van der Waals surface area contributed by atoms with Crippen LogP contribution in [0.15, 0.2) is 126 Å². The van der Waals surface area contributed by atoms with Gasteiger partial charge in [-0.3, -0.25) is 9.59 Å². The highest BCUT2D eigenvalue weighted by atomic mass is 79.9. The molecule has 6 aromatic carbocycles. The maximum Gasteiger partial charge on any atom is 0.489 e. The number of aliphatic carboxylic acids is 1. The fraction of sp³-hybridized carbons (Fsp3) is 0.321. The van der Waals surface area contributed by atoms with E-state index in [1.54, 1.807) is 31.2 Å². The molecule has 2 heterocycles. The van der Waals surface area contributed by atoms with Crippen molar-refractivity contribution in [2.24, 2.45) is 11.8 Å². The van der Waals surface area contributed by atoms with Crippen molar-refractivity contribution >= 4 is 63.7 Å². The molecule has 2 aliphatic rings. The van der Waals surface area contributed by atoms with Crippen LogP contribution in [0.25, 0.3) is 11.1 Å². The van der Waals surface area contributed by atoms with E-state index < -0.39 is 19.0 Å². The monoisotopic (exact) mass is 1050 g/mol. The number of benzene rings is 6. The molecule has 0 saturated carbocycles. The molecule has 368 valence electrons. The third kappa shape index (κ3) is 15.0. The van der Waals surface area contributed by atoms with E-state index in [4.69, 9.17) is 62.0 Å². The number of carboxylic acids is 1. The van der Waals surface area contributed by atoms with Gasteiger partial charge >= 0.3 is 19.1 Å². The highest BCUT2D eigenvalue weighted by Crippen LogP contribution is 2.43. The van der Waals surface area contributed by atoms with Crippen LogP contribution in [0.2, 0.25) is 10.0 Å². The molecule has 0 bridgehead atoms. The second-order valence-electron chi connectivity index (χ2n) is 18.8. The van der Waals surface area contributed by atoms with Crippen LogP contribution in [0.3, 0.4) is 0 Å². The summed E-state index contributed by atoms with van der Waals surface area (Å²) in [6.07, 6.45) is 2.86. The number of halogens is 3. The molecule has 10 nitrogen and oxygen atoms in total. The van der Waals surface area contributed by atoms with Crippen molar-refractivity contribution in [1.29, 1.82) is 0 Å². The van der Waals surface area contributed by atoms with Gasteiger partial charge in [0.05, 0.1) is 18.4 Å². The SMILES string of the molecule is CC(Cc1ccc(OCc2cc(-c3ccccc3Cl)cc3c2OC(C)(C)C3)cc1)C(=O)O.CCOC(=O)C(C)Cc1ccc(OCc2cc(Br)cc3c2OC(C)(C)C3)cc1.OB(O)c1ccccc1Cl. The second-order valence-corrected chi connectivity index (χ2v) is 20.5. The Hall–Kier alpha value is -5.50. The van der Waals surface area contributed by atoms with Gasteiger partial charge in [-0.25, -0.2) is 0 Å². The van der Waals surface area contributed by atoms with E-state index in [0.29, 0.717) is 48.2 Å². The van der Waals surface area contributed by atoms with E-state index in [2.05, 4.69) is 67.9 Å². The van der Waals surface area contributed by atoms with Gasteiger partial charge in [0.1, 0.15) is 47.4 Å². The molecule has 2 atom stereocenters. The smallest absolute Gasteiger partial charge is 0.489 e. The Morgan fingerprint density at radius 1 is 0.686 bits per heavy atom. The zero-order valence-corrected chi connectivity index (χ0v) is 43.7. The molecular formula is C56H60BBrCl2O10. The van der Waals surface area contributed by atoms with Crippen LogP contribution < -0.4 is 24.4 Å². The van der Waals surface area contributed by atoms with Crippen LogP contribution in [-0.2, 0) is 53.2 Å². The Kier molecular flexibility index (Phi) is 18.5. The predicted octanol–water partition coefficient (Wildman–Crippen LogP) is 12.1. The van der Waals surface area contributed by atoms with E-state index in [0.717, 1.165) is 79.3 Å². The van der Waals surface area contributed by atoms with Gasteiger partial charge in [0, 0.05) is 49.5 Å². The van der Waals surface area contributed by atoms with Gasteiger partial charge in [0.25, 0.3) is 0 Å². The van der Waals surface area contributed by atoms with E-state index in [1.165, 1.54) is 5.56 Å². The normalized spacial score (nSPS) is 14.4. The lowest BCUT2D eigenvalue weighted by Gasteiger charge is -2.18. The first-order valence-electron chi connectivity index (χ1n) is 23.2. The zero-order valence-electron chi connectivity index (χ0n) is 40.6. The summed E-state index contributed by atoms with van der Waals surface area (Å²) in [4.78, 5) is 22.9. The number of carbonyl (C=O) groups excluding carboxylic acids is 1. The predicted molar refractivity (Wildman–Crippen MR) is 281 cm³/mol. The Morgan fingerprint density at radius 3 is 1.66 bits per heavy atom. The molecular weight excluding hydrogens is 994 g/mol. The number of carbonyl (C=O) groups is 2. The topological polar surface area (TPSA) is 141 Å². The van der Waals surface area contributed by atoms with Crippen LogP contribution in [-0.4, -0.2) is 52.0 Å². The van der Waals surface area contributed by atoms with Gasteiger partial charge in [-0.15, -0.1) is 0 Å². The summed E-state index contributed by atoms with van der Waals surface area (Å²) < 4.78 is 30.6. The zero-order chi connectivity index (χ0) is 50.8. The summed E-state index contributed by atoms with van der Waals surface area (Å²) in [6.45, 7) is 15.0. The first-order chi connectivity index (χ1) is 33.2. The van der Waals surface area contributed by atoms with Crippen molar-refractivity contribution in [2.45, 2.75) is 98.6 Å². The average molecular weight is 1050 g/mol. The maximum absolute atomic E-state index is 11.8. The summed E-state index contributed by atoms with van der Waals surface area (Å²) in [5, 5.41) is 27.5. The minimum Gasteiger partial charge on any atom is -0.489 e. The number of carboxylic acid groups (broad SMARTS) is 1. The Morgan fingerprint density at radius 2 is 1.17 bits per heavy atom. The molecule has 0 saturated heterocycles. The Balaban J connectivity index is 0.000000193. The first kappa shape index (κ1) is 53.8. The van der Waals surface area contributed by atoms with Crippen molar-refractivity contribution in [3.8, 4) is 34.1 Å². The highest BCUT2D eigenvalue weighted by Gasteiger charge is 2.34. The lowest BCUT2D eigenvalue weighted by Crippen LogP contribution is -2.30. The van der Waals surface area contributed by atoms with Crippen LogP contribution in [0.1, 0.15) is 81.8 Å². The summed E-state index contributed by atoms with van der Waals surface area (Å²) in [5.41, 5.74) is 8.36. The Labute approximate surface area is 430 Å². The van der Waals surface area contributed by atoms with Gasteiger partial charge in [0.2, 0.25) is 0 Å². The molecule has 0 aliphatic carbocycles. The number of fused-ring (bicyclic) bond motifs is 2. The maximum atomic E-state index is 11.8. The molecule has 14 heteroatoms. The van der Waals surface area contributed by atoms with Gasteiger partial charge in [-0.2, -0.15) is 0 Å². The van der Waals surface area contributed by atoms with Crippen molar-refractivity contribution in [3.05, 3.63) is 169 Å². The summed E-state index contributed by atoms with van der Waals surface area (Å²) in [5.74, 6) is 1.82. The molecule has 70 heavy (non-hydrogen) atoms. The molecule has 2 unspecified atom stereocenters. The molecule has 0 radical (unpaired) electrons. The highest BCUT2D eigenvalue weighted by molar-refractivity contribution is 9.10. The molecule has 8 rings (SSSR count). The lowest BCUT2D eigenvalue weighted by atomic mass is 9.80. The molecule has 3 N–H and O–H groups in total. The van der Waals surface area contributed by atoms with Gasteiger partial charge in [-0.05, 0) is 136 Å². The van der Waals surface area contributed by atoms with E-state index in [1.807, 2.05) is 86.6 Å². The summed E-state index contributed by atoms with van der Waals surface area (Å²) in [6, 6.07) is 38.3. The van der Waals surface area contributed by atoms with Crippen molar-refractivity contribution in [2.75, 3.05) is 6.61 Å². The number of hydrogen-bond donors (Lipinski definition) is 3. The van der Waals surface area contributed by atoms with Crippen LogP contribution in [0.5, 0.6) is 23.0 Å². The molecule has 6 aromatic rings. The number of esters is 1. The number of rotatable bonds is 15. The van der Waals surface area contributed by atoms with E-state index in [9.17, 15) is 9.59 Å². The first-order valence-corrected chi connectivity index (χ1v) is 24.8. The summed E-state index contributed by atoms with van der Waals surface area (Å²) >= 11 is 15.6. The van der Waals surface area contributed by atoms with Gasteiger partial charge in [0.15, 0.2) is 0 Å². The number of hydrogen-bond acceptors (Lipinski definition) is 9. The molecule has 0 amide bonds. The third-order valence-electron chi connectivity index (χ3n) is 11.6. The van der Waals surface area contributed by atoms with Gasteiger partial charge < -0.3 is 38.8 Å². The molecule has 2 aliphatic heterocycles. The standard InChI is InChI=1S/C27H27ClO4.C23H27BrO4.C6H6BClO2/c1-17(26(29)30)12-18-8-10-22(11-9-18)31-16-21-14-19(23-6-4-5-7-24(23)28)13-20-15-27(2,3)32-25(20)21;1-5-26-22(25)15(2)10-16-6-8-20(9-7-16)27-14-18-12-19(24)11-17-13-23(3,4)28-21(17)18;8-6-4-2-1-3-5(6)7(9)10/h4-11,13-14,17H,12,15-16H2,1-3H3,(H,29,30);6-9,11-12,15H,5,10,13-14H2,1-4H3;1-4,9-10H. The number of ether oxygens (including phenoxy) is 5. The van der Waals surface area contributed by atoms with Crippen LogP contribution in [0.4, 0.5) is 0 Å².